The van der Waals surface area contributed by atoms with Crippen LogP contribution in [0.1, 0.15) is 0 Å². The van der Waals surface area contributed by atoms with E-state index in [0.29, 0.717) is 0 Å². The van der Waals surface area contributed by atoms with Gasteiger partial charge in [-0.05, 0) is 0 Å². The first-order valence-electron chi connectivity index (χ1n) is 5.60. The normalized spacial score (nSPS) is 10.9. The molecule has 11 heteroatoms. The molecule has 0 saturated carbocycles. The summed E-state index contributed by atoms with van der Waals surface area (Å²) in [5, 5.41) is 0. The van der Waals surface area contributed by atoms with Crippen LogP contribution in [0.4, 0.5) is 0 Å². The molecule has 0 aliphatic carbocycles. The second-order valence-electron chi connectivity index (χ2n) is 4.27. The molecular weight excluding hydrogens is 1140 g/mol. The van der Waals surface area contributed by atoms with Crippen LogP contribution in [-0.4, -0.2) is 0 Å². The molecule has 0 heterocycles. The van der Waals surface area contributed by atoms with Crippen molar-refractivity contribution < 1.29 is 24.6 Å². The summed E-state index contributed by atoms with van der Waals surface area (Å²) in [7, 11) is 0. The molecule has 23 heavy (non-hydrogen) atoms. The van der Waals surface area contributed by atoms with E-state index in [-0.39, 0.29) is 0 Å². The van der Waals surface area contributed by atoms with E-state index in [0.717, 1.165) is 44.7 Å². The number of hydrogen-bond donors (Lipinski definition) is 0. The number of rotatable bonds is 2. The molecule has 2 rings (SSSR count). The van der Waals surface area contributed by atoms with E-state index >= 15 is 0 Å². The van der Waals surface area contributed by atoms with Crippen molar-refractivity contribution in [3.05, 3.63) is 44.7 Å². The van der Waals surface area contributed by atoms with Crippen molar-refractivity contribution in [3.63, 3.8) is 0 Å². The second kappa shape index (κ2) is 9.78. The van der Waals surface area contributed by atoms with Gasteiger partial charge < -0.3 is 0 Å². The zero-order valence-electron chi connectivity index (χ0n) is 10.5. The molecule has 0 fully saturated rings. The molecule has 0 saturated heterocycles. The molecule has 0 bridgehead atoms. The van der Waals surface area contributed by atoms with E-state index < -0.39 is 24.6 Å². The van der Waals surface area contributed by atoms with Gasteiger partial charge in [0.25, 0.3) is 0 Å². The van der Waals surface area contributed by atoms with E-state index in [2.05, 4.69) is 159 Å². The SMILES string of the molecule is Brc1c(Br)c(Br)[c]([Hg][c]2c(Br)c(Br)c(Br)c(Br)c2Br)c(Br)c1Br. The Morgan fingerprint density at radius 1 is 0.304 bits per heavy atom. The summed E-state index contributed by atoms with van der Waals surface area (Å²) < 4.78 is 13.1. The first kappa shape index (κ1) is 23.5. The predicted octanol–water partition coefficient (Wildman–Crippen LogP) is 9.34. The van der Waals surface area contributed by atoms with E-state index in [1.165, 1.54) is 6.14 Å². The molecule has 0 spiro atoms. The Kier molecular flexibility index (Phi) is 9.98. The molecule has 2 aromatic rings. The molecule has 120 valence electrons. The van der Waals surface area contributed by atoms with E-state index in [4.69, 9.17) is 0 Å². The maximum absolute atomic E-state index is 3.74. The van der Waals surface area contributed by atoms with Crippen LogP contribution in [0.5, 0.6) is 0 Å². The number of benzene rings is 2. The van der Waals surface area contributed by atoms with Crippen LogP contribution >= 0.6 is 159 Å². The Labute approximate surface area is 230 Å². The van der Waals surface area contributed by atoms with Crippen LogP contribution < -0.4 is 6.14 Å². The number of hydrogen-bond acceptors (Lipinski definition) is 0. The standard InChI is InChI=1S/2C6Br5.Hg/c2*7-2-1-3(8)5(10)6(11)4(2)9;. The van der Waals surface area contributed by atoms with Gasteiger partial charge in [-0.15, -0.1) is 0 Å². The van der Waals surface area contributed by atoms with E-state index in [1.807, 2.05) is 0 Å². The van der Waals surface area contributed by atoms with Gasteiger partial charge in [-0.2, -0.15) is 0 Å². The summed E-state index contributed by atoms with van der Waals surface area (Å²) in [6.07, 6.45) is 0. The van der Waals surface area contributed by atoms with Crippen molar-refractivity contribution in [3.8, 4) is 0 Å². The third-order valence-electron chi connectivity index (χ3n) is 2.95. The Hall–Kier alpha value is 4.18. The molecule has 0 nitrogen and oxygen atoms in total. The first-order valence-corrected chi connectivity index (χ1v) is 19.0. The van der Waals surface area contributed by atoms with Crippen LogP contribution in [-0.2, 0) is 24.6 Å². The van der Waals surface area contributed by atoms with Gasteiger partial charge in [-0.3, -0.25) is 0 Å². The van der Waals surface area contributed by atoms with Gasteiger partial charge in [0.05, 0.1) is 0 Å². The Morgan fingerprint density at radius 3 is 0.696 bits per heavy atom. The van der Waals surface area contributed by atoms with Crippen molar-refractivity contribution in [2.45, 2.75) is 0 Å². The third kappa shape index (κ3) is 4.85. The fourth-order valence-corrected chi connectivity index (χ4v) is 23.5. The zero-order valence-corrected chi connectivity index (χ0v) is 31.8. The first-order chi connectivity index (χ1) is 10.6. The molecule has 0 N–H and O–H groups in total. The summed E-state index contributed by atoms with van der Waals surface area (Å²) in [6, 6.07) is 0. The van der Waals surface area contributed by atoms with Gasteiger partial charge in [0.1, 0.15) is 0 Å². The van der Waals surface area contributed by atoms with Crippen molar-refractivity contribution >= 4 is 165 Å². The number of halogens is 10. The van der Waals surface area contributed by atoms with Gasteiger partial charge in [-0.1, -0.05) is 0 Å². The quantitative estimate of drug-likeness (QED) is 0.160. The summed E-state index contributed by atoms with van der Waals surface area (Å²) in [6.45, 7) is 0. The average molecular weight is 1140 g/mol. The third-order valence-corrected chi connectivity index (χ3v) is 31.8. The van der Waals surface area contributed by atoms with E-state index in [1.54, 1.807) is 0 Å². The Balaban J connectivity index is 2.71. The summed E-state index contributed by atoms with van der Waals surface area (Å²) >= 11 is 35.0. The van der Waals surface area contributed by atoms with Gasteiger partial charge in [0.15, 0.2) is 0 Å². The minimum atomic E-state index is -1.73. The maximum atomic E-state index is 3.74. The molecule has 0 unspecified atom stereocenters. The Bertz CT molecular complexity index is 691. The van der Waals surface area contributed by atoms with Crippen molar-refractivity contribution in [1.29, 1.82) is 0 Å². The molecule has 0 atom stereocenters. The Morgan fingerprint density at radius 2 is 0.478 bits per heavy atom. The van der Waals surface area contributed by atoms with Crippen molar-refractivity contribution in [1.82, 2.24) is 0 Å². The van der Waals surface area contributed by atoms with E-state index in [9.17, 15) is 0 Å². The summed E-state index contributed by atoms with van der Waals surface area (Å²) in [5.74, 6) is 0. The monoisotopic (exact) mass is 1140 g/mol. The molecule has 0 amide bonds. The molecule has 0 aliphatic rings. The van der Waals surface area contributed by atoms with Crippen LogP contribution in [0.3, 0.4) is 0 Å². The topological polar surface area (TPSA) is 0 Å². The van der Waals surface area contributed by atoms with Crippen LogP contribution in [0.2, 0.25) is 0 Å². The van der Waals surface area contributed by atoms with Crippen molar-refractivity contribution in [2.75, 3.05) is 0 Å². The van der Waals surface area contributed by atoms with Gasteiger partial charge in [0, 0.05) is 0 Å². The van der Waals surface area contributed by atoms with Gasteiger partial charge >= 0.3 is 235 Å². The molecule has 0 aliphatic heterocycles. The molecule has 0 radical (unpaired) electrons. The summed E-state index contributed by atoms with van der Waals surface area (Å²) in [5.41, 5.74) is 0. The van der Waals surface area contributed by atoms with Crippen molar-refractivity contribution in [2.24, 2.45) is 0 Å². The van der Waals surface area contributed by atoms with Crippen LogP contribution in [0.15, 0.2) is 44.7 Å². The fraction of sp³-hybridized carbons (Fsp3) is 0. The van der Waals surface area contributed by atoms with Crippen LogP contribution in [0.25, 0.3) is 0 Å². The van der Waals surface area contributed by atoms with Crippen LogP contribution in [0, 0.1) is 0 Å². The summed E-state index contributed by atoms with van der Waals surface area (Å²) in [4.78, 5) is 0. The van der Waals surface area contributed by atoms with Gasteiger partial charge in [-0.25, -0.2) is 0 Å². The predicted molar refractivity (Wildman–Crippen MR) is 129 cm³/mol. The molecule has 0 aromatic heterocycles. The zero-order chi connectivity index (χ0) is 17.6. The minimum absolute atomic E-state index is 0.990. The molecule has 2 aromatic carbocycles. The average Bonchev–Trinajstić information content (AvgIpc) is 2.54. The molecular formula is C12Br10Hg. The second-order valence-corrected chi connectivity index (χ2v) is 19.1. The fourth-order valence-electron chi connectivity index (χ4n) is 1.79. The van der Waals surface area contributed by atoms with Gasteiger partial charge in [0.2, 0.25) is 0 Å².